The van der Waals surface area contributed by atoms with E-state index in [9.17, 15) is 5.11 Å². The molecule has 1 aliphatic heterocycles. The summed E-state index contributed by atoms with van der Waals surface area (Å²) >= 11 is 5.91. The zero-order valence-corrected chi connectivity index (χ0v) is 12.5. The first kappa shape index (κ1) is 13.3. The Morgan fingerprint density at radius 1 is 1.05 bits per heavy atom. The predicted octanol–water partition coefficient (Wildman–Crippen LogP) is 4.56. The molecule has 0 bridgehead atoms. The van der Waals surface area contributed by atoms with Crippen LogP contribution in [0, 0.1) is 0 Å². The second-order valence-corrected chi connectivity index (χ2v) is 5.80. The number of nitrogens with zero attached hydrogens (tertiary/aromatic N) is 1. The summed E-state index contributed by atoms with van der Waals surface area (Å²) in [5.74, 6) is 1.07. The van der Waals surface area contributed by atoms with Gasteiger partial charge in [0.1, 0.15) is 11.5 Å². The van der Waals surface area contributed by atoms with Gasteiger partial charge in [-0.2, -0.15) is 0 Å². The third-order valence-corrected chi connectivity index (χ3v) is 4.24. The fourth-order valence-corrected chi connectivity index (χ4v) is 3.08. The Morgan fingerprint density at radius 2 is 1.91 bits per heavy atom. The Morgan fingerprint density at radius 3 is 2.77 bits per heavy atom. The van der Waals surface area contributed by atoms with Gasteiger partial charge in [0, 0.05) is 16.7 Å². The number of hydrogen-bond acceptors (Lipinski definition) is 3. The molecule has 0 spiro atoms. The summed E-state index contributed by atoms with van der Waals surface area (Å²) in [6.45, 7) is 1.09. The Labute approximate surface area is 133 Å². The summed E-state index contributed by atoms with van der Waals surface area (Å²) in [6, 6.07) is 17.5. The molecule has 1 aliphatic rings. The van der Waals surface area contributed by atoms with Crippen molar-refractivity contribution < 1.29 is 9.84 Å². The molecule has 4 heteroatoms. The van der Waals surface area contributed by atoms with Gasteiger partial charge in [0.15, 0.2) is 6.73 Å². The zero-order valence-electron chi connectivity index (χ0n) is 11.8. The Bertz CT molecular complexity index is 863. The van der Waals surface area contributed by atoms with Gasteiger partial charge in [0.2, 0.25) is 0 Å². The number of ether oxygens (including phenoxy) is 1. The molecule has 0 fully saturated rings. The third kappa shape index (κ3) is 2.14. The maximum Gasteiger partial charge on any atom is 0.161 e. The molecule has 0 unspecified atom stereocenters. The van der Waals surface area contributed by atoms with Crippen molar-refractivity contribution in [3.05, 3.63) is 65.2 Å². The lowest BCUT2D eigenvalue weighted by Gasteiger charge is -2.32. The number of halogens is 1. The zero-order chi connectivity index (χ0) is 15.1. The summed E-state index contributed by atoms with van der Waals surface area (Å²) in [5, 5.41) is 13.0. The van der Waals surface area contributed by atoms with Crippen molar-refractivity contribution >= 4 is 28.1 Å². The molecule has 0 aromatic heterocycles. The second kappa shape index (κ2) is 5.11. The number of hydrogen-bond donors (Lipinski definition) is 1. The van der Waals surface area contributed by atoms with Crippen molar-refractivity contribution in [3.63, 3.8) is 0 Å². The first-order chi connectivity index (χ1) is 10.7. The first-order valence-corrected chi connectivity index (χ1v) is 7.47. The number of anilines is 1. The highest BCUT2D eigenvalue weighted by molar-refractivity contribution is 6.30. The van der Waals surface area contributed by atoms with Crippen molar-refractivity contribution in [3.8, 4) is 11.5 Å². The summed E-state index contributed by atoms with van der Waals surface area (Å²) in [5.41, 5.74) is 1.86. The topological polar surface area (TPSA) is 32.7 Å². The number of phenols is 1. The molecule has 4 rings (SSSR count). The van der Waals surface area contributed by atoms with Crippen molar-refractivity contribution in [2.75, 3.05) is 11.6 Å². The van der Waals surface area contributed by atoms with Gasteiger partial charge in [0.25, 0.3) is 0 Å². The Kier molecular flexibility index (Phi) is 3.09. The van der Waals surface area contributed by atoms with E-state index in [1.165, 1.54) is 10.8 Å². The molecular weight excluding hydrogens is 298 g/mol. The maximum absolute atomic E-state index is 10.1. The fourth-order valence-electron chi connectivity index (χ4n) is 2.92. The van der Waals surface area contributed by atoms with Gasteiger partial charge in [-0.05, 0) is 29.0 Å². The highest BCUT2D eigenvalue weighted by Gasteiger charge is 2.21. The monoisotopic (exact) mass is 311 g/mol. The van der Waals surface area contributed by atoms with Gasteiger partial charge in [0.05, 0.1) is 12.2 Å². The largest absolute Gasteiger partial charge is 0.506 e. The lowest BCUT2D eigenvalue weighted by molar-refractivity contribution is 0.289. The average Bonchev–Trinajstić information content (AvgIpc) is 2.54. The average molecular weight is 312 g/mol. The predicted molar refractivity (Wildman–Crippen MR) is 88.7 cm³/mol. The highest BCUT2D eigenvalue weighted by Crippen LogP contribution is 2.37. The maximum atomic E-state index is 10.1. The number of fused-ring (bicyclic) bond motifs is 3. The van der Waals surface area contributed by atoms with Crippen LogP contribution in [0.25, 0.3) is 10.8 Å². The van der Waals surface area contributed by atoms with E-state index in [1.807, 2.05) is 29.2 Å². The molecule has 110 valence electrons. The van der Waals surface area contributed by atoms with E-state index >= 15 is 0 Å². The smallest absolute Gasteiger partial charge is 0.161 e. The number of aromatic hydroxyl groups is 1. The van der Waals surface area contributed by atoms with E-state index in [-0.39, 0.29) is 5.75 Å². The van der Waals surface area contributed by atoms with Gasteiger partial charge >= 0.3 is 0 Å². The van der Waals surface area contributed by atoms with Crippen molar-refractivity contribution in [2.24, 2.45) is 0 Å². The van der Waals surface area contributed by atoms with Crippen LogP contribution in [0.1, 0.15) is 5.56 Å². The van der Waals surface area contributed by atoms with Gasteiger partial charge in [-0.1, -0.05) is 41.9 Å². The van der Waals surface area contributed by atoms with E-state index in [0.29, 0.717) is 18.3 Å². The number of benzene rings is 3. The van der Waals surface area contributed by atoms with E-state index < -0.39 is 0 Å². The number of phenolic OH excluding ortho intramolecular Hbond substituents is 1. The molecule has 3 nitrogen and oxygen atoms in total. The van der Waals surface area contributed by atoms with Gasteiger partial charge in [-0.3, -0.25) is 0 Å². The molecule has 22 heavy (non-hydrogen) atoms. The van der Waals surface area contributed by atoms with E-state index in [2.05, 4.69) is 18.2 Å². The van der Waals surface area contributed by atoms with Crippen LogP contribution in [0.3, 0.4) is 0 Å². The standard InChI is InChI=1S/C18H14ClNO2/c19-13-6-7-16(17(21)9-13)20-10-15-14-4-2-1-3-12(14)5-8-18(15)22-11-20/h1-9,21H,10-11H2. The summed E-state index contributed by atoms with van der Waals surface area (Å²) in [6.07, 6.45) is 0. The molecule has 0 atom stereocenters. The molecule has 1 heterocycles. The van der Waals surface area contributed by atoms with Crippen molar-refractivity contribution in [1.29, 1.82) is 0 Å². The molecule has 0 amide bonds. The number of rotatable bonds is 1. The quantitative estimate of drug-likeness (QED) is 0.715. The molecule has 0 radical (unpaired) electrons. The van der Waals surface area contributed by atoms with E-state index in [4.69, 9.17) is 16.3 Å². The van der Waals surface area contributed by atoms with E-state index in [1.54, 1.807) is 12.1 Å². The van der Waals surface area contributed by atoms with Crippen LogP contribution < -0.4 is 9.64 Å². The van der Waals surface area contributed by atoms with Crippen LogP contribution in [-0.4, -0.2) is 11.8 Å². The molecule has 1 N–H and O–H groups in total. The van der Waals surface area contributed by atoms with Crippen LogP contribution in [-0.2, 0) is 6.54 Å². The molecule has 0 saturated heterocycles. The molecule has 3 aromatic carbocycles. The van der Waals surface area contributed by atoms with Gasteiger partial charge in [-0.15, -0.1) is 0 Å². The van der Waals surface area contributed by atoms with Gasteiger partial charge in [-0.25, -0.2) is 0 Å². The Hall–Kier alpha value is -2.39. The second-order valence-electron chi connectivity index (χ2n) is 5.37. The van der Waals surface area contributed by atoms with Crippen LogP contribution >= 0.6 is 11.6 Å². The molecular formula is C18H14ClNO2. The van der Waals surface area contributed by atoms with Crippen molar-refractivity contribution in [2.45, 2.75) is 6.54 Å². The molecule has 3 aromatic rings. The normalized spacial score (nSPS) is 13.8. The summed E-state index contributed by atoms with van der Waals surface area (Å²) in [4.78, 5) is 2.00. The van der Waals surface area contributed by atoms with Crippen LogP contribution in [0.5, 0.6) is 11.5 Å². The molecule has 0 aliphatic carbocycles. The van der Waals surface area contributed by atoms with Crippen molar-refractivity contribution in [1.82, 2.24) is 0 Å². The van der Waals surface area contributed by atoms with E-state index in [0.717, 1.165) is 17.0 Å². The van der Waals surface area contributed by atoms with Crippen LogP contribution in [0.15, 0.2) is 54.6 Å². The lowest BCUT2D eigenvalue weighted by atomic mass is 10.0. The minimum absolute atomic E-state index is 0.166. The fraction of sp³-hybridized carbons (Fsp3) is 0.111. The molecule has 0 saturated carbocycles. The van der Waals surface area contributed by atoms with Crippen LogP contribution in [0.2, 0.25) is 5.02 Å². The lowest BCUT2D eigenvalue weighted by Crippen LogP contribution is -2.32. The minimum atomic E-state index is 0.166. The summed E-state index contributed by atoms with van der Waals surface area (Å²) < 4.78 is 5.87. The minimum Gasteiger partial charge on any atom is -0.506 e. The first-order valence-electron chi connectivity index (χ1n) is 7.09. The third-order valence-electron chi connectivity index (χ3n) is 4.00. The summed E-state index contributed by atoms with van der Waals surface area (Å²) in [7, 11) is 0. The Balaban J connectivity index is 1.78. The van der Waals surface area contributed by atoms with Gasteiger partial charge < -0.3 is 14.7 Å². The SMILES string of the molecule is Oc1cc(Cl)ccc1N1COc2ccc3ccccc3c2C1. The van der Waals surface area contributed by atoms with Crippen LogP contribution in [0.4, 0.5) is 5.69 Å². The highest BCUT2D eigenvalue weighted by atomic mass is 35.5.